The van der Waals surface area contributed by atoms with Gasteiger partial charge in [-0.1, -0.05) is 22.0 Å². The number of hydrogen-bond acceptors (Lipinski definition) is 1. The molecule has 0 atom stereocenters. The van der Waals surface area contributed by atoms with Gasteiger partial charge in [0, 0.05) is 4.47 Å². The minimum absolute atomic E-state index is 1.01. The van der Waals surface area contributed by atoms with Crippen LogP contribution in [0.2, 0.25) is 0 Å². The third kappa shape index (κ3) is 1.41. The molecule has 1 heterocycles. The maximum Gasteiger partial charge on any atom is 0.0926 e. The number of rotatable bonds is 1. The molecule has 1 aromatic heterocycles. The predicted molar refractivity (Wildman–Crippen MR) is 50.1 cm³/mol. The minimum Gasteiger partial charge on any atom is -0.231 e. The molecule has 2 nitrogen and oxygen atoms in total. The number of benzene rings is 1. The van der Waals surface area contributed by atoms with Gasteiger partial charge in [-0.15, -0.1) is 0 Å². The summed E-state index contributed by atoms with van der Waals surface area (Å²) in [5, 5.41) is 4.07. The van der Waals surface area contributed by atoms with Crippen LogP contribution in [-0.2, 0) is 0 Å². The van der Waals surface area contributed by atoms with Crippen LogP contribution in [0.4, 0.5) is 0 Å². The third-order valence-electron chi connectivity index (χ3n) is 1.51. The summed E-state index contributed by atoms with van der Waals surface area (Å²) in [5.74, 6) is 0. The smallest absolute Gasteiger partial charge is 0.0926 e. The van der Waals surface area contributed by atoms with Gasteiger partial charge in [0.25, 0.3) is 0 Å². The Hall–Kier alpha value is -1.09. The fourth-order valence-electron chi connectivity index (χ4n) is 0.986. The Morgan fingerprint density at radius 1 is 1.42 bits per heavy atom. The molecule has 12 heavy (non-hydrogen) atoms. The molecule has 0 bridgehead atoms. The Bertz CT molecular complexity index is 368. The van der Waals surface area contributed by atoms with E-state index in [0.29, 0.717) is 0 Å². The SMILES string of the molecule is Brc1cccc(-n2[c]ccn2)c1. The molecule has 59 valence electrons. The van der Waals surface area contributed by atoms with Gasteiger partial charge in [0.05, 0.1) is 18.1 Å². The maximum absolute atomic E-state index is 4.07. The Kier molecular flexibility index (Phi) is 1.96. The summed E-state index contributed by atoms with van der Waals surface area (Å²) in [5.41, 5.74) is 1.01. The molecule has 0 saturated carbocycles. The van der Waals surface area contributed by atoms with Crippen LogP contribution in [0.5, 0.6) is 0 Å². The van der Waals surface area contributed by atoms with Crippen LogP contribution in [0.15, 0.2) is 41.0 Å². The monoisotopic (exact) mass is 221 g/mol. The van der Waals surface area contributed by atoms with E-state index in [1.165, 1.54) is 0 Å². The van der Waals surface area contributed by atoms with E-state index in [0.717, 1.165) is 10.2 Å². The Balaban J connectivity index is 2.48. The van der Waals surface area contributed by atoms with E-state index in [1.807, 2.05) is 24.3 Å². The highest BCUT2D eigenvalue weighted by Gasteiger charge is 1.95. The Morgan fingerprint density at radius 2 is 2.33 bits per heavy atom. The molecule has 1 radical (unpaired) electrons. The average molecular weight is 222 g/mol. The fraction of sp³-hybridized carbons (Fsp3) is 0. The zero-order valence-corrected chi connectivity index (χ0v) is 7.82. The Morgan fingerprint density at radius 3 is 3.00 bits per heavy atom. The van der Waals surface area contributed by atoms with E-state index in [-0.39, 0.29) is 0 Å². The molecule has 0 aliphatic carbocycles. The molecular weight excluding hydrogens is 216 g/mol. The topological polar surface area (TPSA) is 17.8 Å². The van der Waals surface area contributed by atoms with E-state index >= 15 is 0 Å². The molecule has 0 spiro atoms. The highest BCUT2D eigenvalue weighted by molar-refractivity contribution is 9.10. The van der Waals surface area contributed by atoms with Gasteiger partial charge in [0.15, 0.2) is 0 Å². The molecule has 1 aromatic carbocycles. The van der Waals surface area contributed by atoms with Gasteiger partial charge in [-0.05, 0) is 24.3 Å². The molecule has 0 saturated heterocycles. The molecule has 0 unspecified atom stereocenters. The zero-order valence-electron chi connectivity index (χ0n) is 6.24. The minimum atomic E-state index is 1.01. The number of nitrogens with zero attached hydrogens (tertiary/aromatic N) is 2. The summed E-state index contributed by atoms with van der Waals surface area (Å²) in [7, 11) is 0. The lowest BCUT2D eigenvalue weighted by atomic mass is 10.3. The average Bonchev–Trinajstić information content (AvgIpc) is 2.56. The van der Waals surface area contributed by atoms with Crippen LogP contribution in [0.3, 0.4) is 0 Å². The Labute approximate surface area is 79.0 Å². The van der Waals surface area contributed by atoms with Crippen LogP contribution >= 0.6 is 15.9 Å². The normalized spacial score (nSPS) is 10.1. The van der Waals surface area contributed by atoms with Crippen LogP contribution in [0, 0.1) is 6.20 Å². The summed E-state index contributed by atoms with van der Waals surface area (Å²) in [6.07, 6.45) is 4.67. The van der Waals surface area contributed by atoms with E-state index in [1.54, 1.807) is 16.9 Å². The zero-order chi connectivity index (χ0) is 8.39. The van der Waals surface area contributed by atoms with Crippen molar-refractivity contribution in [1.82, 2.24) is 9.78 Å². The van der Waals surface area contributed by atoms with Gasteiger partial charge in [-0.2, -0.15) is 5.10 Å². The van der Waals surface area contributed by atoms with Crippen LogP contribution in [-0.4, -0.2) is 9.78 Å². The first-order valence-corrected chi connectivity index (χ1v) is 4.33. The summed E-state index contributed by atoms with van der Waals surface area (Å²) in [6, 6.07) is 9.70. The fourth-order valence-corrected chi connectivity index (χ4v) is 1.37. The highest BCUT2D eigenvalue weighted by Crippen LogP contribution is 2.13. The summed E-state index contributed by atoms with van der Waals surface area (Å²) < 4.78 is 2.74. The second kappa shape index (κ2) is 3.11. The molecular formula is C9H6BrN2. The second-order valence-electron chi connectivity index (χ2n) is 2.35. The van der Waals surface area contributed by atoms with Gasteiger partial charge in [0.2, 0.25) is 0 Å². The van der Waals surface area contributed by atoms with Crippen LogP contribution in [0.25, 0.3) is 5.69 Å². The molecule has 0 aliphatic heterocycles. The van der Waals surface area contributed by atoms with E-state index in [2.05, 4.69) is 27.2 Å². The largest absolute Gasteiger partial charge is 0.231 e. The third-order valence-corrected chi connectivity index (χ3v) is 2.00. The highest BCUT2D eigenvalue weighted by atomic mass is 79.9. The van der Waals surface area contributed by atoms with Crippen molar-refractivity contribution < 1.29 is 0 Å². The molecule has 2 aromatic rings. The molecule has 0 N–H and O–H groups in total. The first kappa shape index (κ1) is 7.55. The lowest BCUT2D eigenvalue weighted by molar-refractivity contribution is 0.873. The summed E-state index contributed by atoms with van der Waals surface area (Å²) in [6.45, 7) is 0. The molecule has 2 rings (SSSR count). The van der Waals surface area contributed by atoms with E-state index in [9.17, 15) is 0 Å². The lowest BCUT2D eigenvalue weighted by Crippen LogP contribution is -1.93. The van der Waals surface area contributed by atoms with Gasteiger partial charge < -0.3 is 0 Å². The van der Waals surface area contributed by atoms with Crippen LogP contribution < -0.4 is 0 Å². The van der Waals surface area contributed by atoms with E-state index < -0.39 is 0 Å². The van der Waals surface area contributed by atoms with Crippen molar-refractivity contribution in [3.05, 3.63) is 47.2 Å². The maximum atomic E-state index is 4.07. The molecule has 3 heteroatoms. The number of aromatic nitrogens is 2. The standard InChI is InChI=1S/C9H6BrN2/c10-8-3-1-4-9(7-8)12-6-2-5-11-12/h1-5,7H. The quantitative estimate of drug-likeness (QED) is 0.724. The first-order valence-electron chi connectivity index (χ1n) is 3.54. The molecule has 0 amide bonds. The van der Waals surface area contributed by atoms with Crippen molar-refractivity contribution in [3.8, 4) is 5.69 Å². The number of halogens is 1. The van der Waals surface area contributed by atoms with Crippen molar-refractivity contribution in [2.24, 2.45) is 0 Å². The van der Waals surface area contributed by atoms with Gasteiger partial charge in [-0.3, -0.25) is 0 Å². The molecule has 0 fully saturated rings. The molecule has 0 aliphatic rings. The predicted octanol–water partition coefficient (Wildman–Crippen LogP) is 2.43. The summed E-state index contributed by atoms with van der Waals surface area (Å²) in [4.78, 5) is 0. The van der Waals surface area contributed by atoms with Crippen LogP contribution in [0.1, 0.15) is 0 Å². The van der Waals surface area contributed by atoms with E-state index in [4.69, 9.17) is 0 Å². The second-order valence-corrected chi connectivity index (χ2v) is 3.27. The lowest BCUT2D eigenvalue weighted by Gasteiger charge is -1.99. The van der Waals surface area contributed by atoms with Gasteiger partial charge in [-0.25, -0.2) is 4.68 Å². The summed E-state index contributed by atoms with van der Waals surface area (Å²) >= 11 is 3.39. The van der Waals surface area contributed by atoms with Gasteiger partial charge in [0.1, 0.15) is 0 Å². The van der Waals surface area contributed by atoms with Crippen molar-refractivity contribution in [1.29, 1.82) is 0 Å². The van der Waals surface area contributed by atoms with Crippen molar-refractivity contribution in [3.63, 3.8) is 0 Å². The first-order chi connectivity index (χ1) is 5.86. The van der Waals surface area contributed by atoms with Gasteiger partial charge >= 0.3 is 0 Å². The van der Waals surface area contributed by atoms with Crippen molar-refractivity contribution in [2.45, 2.75) is 0 Å². The van der Waals surface area contributed by atoms with Crippen molar-refractivity contribution in [2.75, 3.05) is 0 Å². The number of hydrogen-bond donors (Lipinski definition) is 0. The van der Waals surface area contributed by atoms with Crippen molar-refractivity contribution >= 4 is 15.9 Å².